The third-order valence-electron chi connectivity index (χ3n) is 5.78. The fraction of sp³-hybridized carbons (Fsp3) is 0.478. The predicted molar refractivity (Wildman–Crippen MR) is 114 cm³/mol. The van der Waals surface area contributed by atoms with E-state index in [1.165, 1.54) is 0 Å². The number of hydrogen-bond acceptors (Lipinski definition) is 5. The van der Waals surface area contributed by atoms with Crippen molar-refractivity contribution in [1.82, 2.24) is 19.5 Å². The second-order valence-corrected chi connectivity index (χ2v) is 7.96. The molecule has 6 nitrogen and oxygen atoms in total. The molecule has 3 aromatic rings. The quantitative estimate of drug-likeness (QED) is 0.524. The molecule has 1 aromatic carbocycles. The number of rotatable bonds is 7. The highest BCUT2D eigenvalue weighted by Gasteiger charge is 2.36. The molecule has 1 unspecified atom stereocenters. The maximum atomic E-state index is 13.5. The molecule has 1 saturated heterocycles. The molecule has 0 aliphatic carbocycles. The van der Waals surface area contributed by atoms with Gasteiger partial charge in [0.15, 0.2) is 17.1 Å². The van der Waals surface area contributed by atoms with Crippen LogP contribution in [0.2, 0.25) is 0 Å². The fourth-order valence-corrected chi connectivity index (χ4v) is 4.19. The van der Waals surface area contributed by atoms with Crippen LogP contribution in [-0.4, -0.2) is 46.3 Å². The van der Waals surface area contributed by atoms with Crippen LogP contribution < -0.4 is 9.47 Å². The molecule has 9 heteroatoms. The smallest absolute Gasteiger partial charge is 0.433 e. The second-order valence-electron chi connectivity index (χ2n) is 7.96. The first-order valence-corrected chi connectivity index (χ1v) is 10.8. The summed E-state index contributed by atoms with van der Waals surface area (Å²) in [6.07, 6.45) is -3.22. The van der Waals surface area contributed by atoms with Crippen molar-refractivity contribution < 1.29 is 22.6 Å². The van der Waals surface area contributed by atoms with E-state index in [0.717, 1.165) is 42.2 Å². The SMILES string of the molecule is CCOc1ccc(CN2CCC(c3cc4nc(CC)cc(C(F)(F)F)n4n3)C2)cc1OC. The van der Waals surface area contributed by atoms with Crippen molar-refractivity contribution in [2.75, 3.05) is 26.8 Å². The van der Waals surface area contributed by atoms with Gasteiger partial charge in [-0.15, -0.1) is 0 Å². The van der Waals surface area contributed by atoms with Gasteiger partial charge in [0.2, 0.25) is 0 Å². The number of ether oxygens (including phenoxy) is 2. The molecule has 1 atom stereocenters. The molecule has 4 rings (SSSR count). The number of methoxy groups -OCH3 is 1. The van der Waals surface area contributed by atoms with Crippen molar-refractivity contribution in [3.05, 3.63) is 53.0 Å². The number of nitrogens with zero attached hydrogens (tertiary/aromatic N) is 4. The van der Waals surface area contributed by atoms with E-state index >= 15 is 0 Å². The van der Waals surface area contributed by atoms with Gasteiger partial charge in [0.25, 0.3) is 0 Å². The number of halogens is 3. The van der Waals surface area contributed by atoms with Crippen LogP contribution in [0, 0.1) is 0 Å². The second kappa shape index (κ2) is 8.97. The minimum absolute atomic E-state index is 0.0625. The average molecular weight is 448 g/mol. The summed E-state index contributed by atoms with van der Waals surface area (Å²) in [6, 6.07) is 8.67. The van der Waals surface area contributed by atoms with Crippen LogP contribution in [0.25, 0.3) is 5.65 Å². The molecule has 0 N–H and O–H groups in total. The van der Waals surface area contributed by atoms with Crippen LogP contribution >= 0.6 is 0 Å². The molecule has 2 aromatic heterocycles. The predicted octanol–water partition coefficient (Wildman–Crippen LogP) is 4.71. The third kappa shape index (κ3) is 4.53. The maximum absolute atomic E-state index is 13.5. The summed E-state index contributed by atoms with van der Waals surface area (Å²) in [7, 11) is 1.62. The summed E-state index contributed by atoms with van der Waals surface area (Å²) in [4.78, 5) is 6.63. The van der Waals surface area contributed by atoms with Gasteiger partial charge >= 0.3 is 6.18 Å². The number of aryl methyl sites for hydroxylation is 1. The summed E-state index contributed by atoms with van der Waals surface area (Å²) >= 11 is 0. The summed E-state index contributed by atoms with van der Waals surface area (Å²) in [5.74, 6) is 1.47. The molecule has 0 bridgehead atoms. The van der Waals surface area contributed by atoms with Crippen molar-refractivity contribution >= 4 is 5.65 Å². The standard InChI is InChI=1S/C23H27F3N4O2/c1-4-17-11-21(23(24,25)26)30-22(27-17)12-18(28-30)16-8-9-29(14-16)13-15-6-7-19(32-5-2)20(10-15)31-3/h6-7,10-12,16H,4-5,8-9,13-14H2,1-3H3. The normalized spacial score (nSPS) is 17.2. The van der Waals surface area contributed by atoms with Gasteiger partial charge in [-0.3, -0.25) is 4.90 Å². The van der Waals surface area contributed by atoms with Gasteiger partial charge < -0.3 is 9.47 Å². The van der Waals surface area contributed by atoms with Crippen molar-refractivity contribution in [2.24, 2.45) is 0 Å². The molecular formula is C23H27F3N4O2. The molecule has 1 aliphatic heterocycles. The number of hydrogen-bond donors (Lipinski definition) is 0. The van der Waals surface area contributed by atoms with E-state index in [2.05, 4.69) is 15.0 Å². The molecule has 1 aliphatic rings. The Bertz CT molecular complexity index is 1100. The van der Waals surface area contributed by atoms with E-state index in [1.54, 1.807) is 20.1 Å². The lowest BCUT2D eigenvalue weighted by Crippen LogP contribution is -2.20. The number of benzene rings is 1. The first kappa shape index (κ1) is 22.4. The summed E-state index contributed by atoms with van der Waals surface area (Å²) in [6.45, 7) is 6.56. The first-order chi connectivity index (χ1) is 15.3. The van der Waals surface area contributed by atoms with Crippen LogP contribution in [0.1, 0.15) is 48.8 Å². The Balaban J connectivity index is 1.52. The number of aromatic nitrogens is 3. The van der Waals surface area contributed by atoms with E-state index in [4.69, 9.17) is 9.47 Å². The lowest BCUT2D eigenvalue weighted by Gasteiger charge is -2.17. The Morgan fingerprint density at radius 1 is 1.12 bits per heavy atom. The highest BCUT2D eigenvalue weighted by atomic mass is 19.4. The van der Waals surface area contributed by atoms with Gasteiger partial charge in [-0.25, -0.2) is 9.50 Å². The Kier molecular flexibility index (Phi) is 6.28. The molecule has 0 radical (unpaired) electrons. The van der Waals surface area contributed by atoms with Gasteiger partial charge in [-0.1, -0.05) is 13.0 Å². The van der Waals surface area contributed by atoms with Crippen molar-refractivity contribution in [3.8, 4) is 11.5 Å². The lowest BCUT2D eigenvalue weighted by molar-refractivity contribution is -0.142. The first-order valence-electron chi connectivity index (χ1n) is 10.8. The summed E-state index contributed by atoms with van der Waals surface area (Å²) < 4.78 is 52.6. The van der Waals surface area contributed by atoms with E-state index in [-0.39, 0.29) is 11.6 Å². The number of likely N-dealkylation sites (tertiary alicyclic amines) is 1. The zero-order valence-corrected chi connectivity index (χ0v) is 18.4. The Morgan fingerprint density at radius 2 is 1.94 bits per heavy atom. The van der Waals surface area contributed by atoms with Crippen molar-refractivity contribution in [1.29, 1.82) is 0 Å². The Morgan fingerprint density at radius 3 is 2.62 bits per heavy atom. The number of fused-ring (bicyclic) bond motifs is 1. The van der Waals surface area contributed by atoms with Crippen LogP contribution in [0.3, 0.4) is 0 Å². The van der Waals surface area contributed by atoms with E-state index < -0.39 is 11.9 Å². The van der Waals surface area contributed by atoms with Gasteiger partial charge in [-0.05, 0) is 50.1 Å². The third-order valence-corrected chi connectivity index (χ3v) is 5.78. The molecule has 0 amide bonds. The van der Waals surface area contributed by atoms with Crippen LogP contribution in [0.4, 0.5) is 13.2 Å². The van der Waals surface area contributed by atoms with Gasteiger partial charge in [0.05, 0.1) is 19.4 Å². The van der Waals surface area contributed by atoms with E-state index in [1.807, 2.05) is 25.1 Å². The van der Waals surface area contributed by atoms with Gasteiger partial charge in [0.1, 0.15) is 5.69 Å². The zero-order chi connectivity index (χ0) is 22.9. The molecule has 1 fully saturated rings. The maximum Gasteiger partial charge on any atom is 0.433 e. The number of alkyl halides is 3. The Labute approximate surface area is 185 Å². The topological polar surface area (TPSA) is 51.9 Å². The van der Waals surface area contributed by atoms with Gasteiger partial charge in [-0.2, -0.15) is 18.3 Å². The fourth-order valence-electron chi connectivity index (χ4n) is 4.19. The minimum atomic E-state index is -4.48. The van der Waals surface area contributed by atoms with Gasteiger partial charge in [0, 0.05) is 30.8 Å². The minimum Gasteiger partial charge on any atom is -0.493 e. The molecular weight excluding hydrogens is 421 g/mol. The Hall–Kier alpha value is -2.81. The molecule has 172 valence electrons. The molecule has 0 spiro atoms. The summed E-state index contributed by atoms with van der Waals surface area (Å²) in [5, 5.41) is 4.31. The highest BCUT2D eigenvalue weighted by Crippen LogP contribution is 2.34. The molecule has 32 heavy (non-hydrogen) atoms. The van der Waals surface area contributed by atoms with Crippen molar-refractivity contribution in [3.63, 3.8) is 0 Å². The lowest BCUT2D eigenvalue weighted by atomic mass is 10.1. The molecule has 3 heterocycles. The summed E-state index contributed by atoms with van der Waals surface area (Å²) in [5.41, 5.74) is 1.63. The molecule has 0 saturated carbocycles. The highest BCUT2D eigenvalue weighted by molar-refractivity contribution is 5.44. The average Bonchev–Trinajstić information content (AvgIpc) is 3.40. The largest absolute Gasteiger partial charge is 0.493 e. The van der Waals surface area contributed by atoms with Crippen LogP contribution in [0.15, 0.2) is 30.3 Å². The van der Waals surface area contributed by atoms with Crippen LogP contribution in [-0.2, 0) is 19.1 Å². The zero-order valence-electron chi connectivity index (χ0n) is 18.4. The van der Waals surface area contributed by atoms with Crippen LogP contribution in [0.5, 0.6) is 11.5 Å². The van der Waals surface area contributed by atoms with Crippen molar-refractivity contribution in [2.45, 2.75) is 45.3 Å². The van der Waals surface area contributed by atoms with E-state index in [0.29, 0.717) is 35.9 Å². The monoisotopic (exact) mass is 448 g/mol. The van der Waals surface area contributed by atoms with E-state index in [9.17, 15) is 13.2 Å².